The van der Waals surface area contributed by atoms with Crippen LogP contribution in [0.2, 0.25) is 0 Å². The first-order valence-corrected chi connectivity index (χ1v) is 9.79. The highest BCUT2D eigenvalue weighted by Gasteiger charge is 2.31. The van der Waals surface area contributed by atoms with Gasteiger partial charge in [-0.2, -0.15) is 13.2 Å². The molecule has 1 fully saturated rings. The number of nitrogens with zero attached hydrogens (tertiary/aromatic N) is 4. The summed E-state index contributed by atoms with van der Waals surface area (Å²) in [6, 6.07) is 3.69. The number of ether oxygens (including phenoxy) is 1. The highest BCUT2D eigenvalue weighted by Crippen LogP contribution is 2.29. The monoisotopic (exact) mass is 449 g/mol. The molecular formula is C20H18F3N5O4. The van der Waals surface area contributed by atoms with Crippen molar-refractivity contribution < 1.29 is 32.3 Å². The van der Waals surface area contributed by atoms with Crippen molar-refractivity contribution in [2.45, 2.75) is 19.0 Å². The van der Waals surface area contributed by atoms with Crippen LogP contribution in [-0.4, -0.2) is 58.8 Å². The fraction of sp³-hybridized carbons (Fsp3) is 0.350. The van der Waals surface area contributed by atoms with Crippen LogP contribution in [0.5, 0.6) is 5.75 Å². The van der Waals surface area contributed by atoms with Crippen molar-refractivity contribution in [1.82, 2.24) is 14.9 Å². The highest BCUT2D eigenvalue weighted by molar-refractivity contribution is 6.39. The normalized spacial score (nSPS) is 16.3. The molecule has 0 radical (unpaired) electrons. The van der Waals surface area contributed by atoms with Crippen LogP contribution >= 0.6 is 0 Å². The smallest absolute Gasteiger partial charge is 0.417 e. The van der Waals surface area contributed by atoms with Crippen molar-refractivity contribution in [3.05, 3.63) is 41.9 Å². The quantitative estimate of drug-likeness (QED) is 0.549. The molecule has 2 amide bonds. The molecule has 4 heterocycles. The summed E-state index contributed by atoms with van der Waals surface area (Å²) in [6.07, 6.45) is -1.78. The Morgan fingerprint density at radius 2 is 1.88 bits per heavy atom. The Hall–Kier alpha value is -3.70. The Kier molecular flexibility index (Phi) is 5.68. The minimum atomic E-state index is -4.46. The van der Waals surface area contributed by atoms with Crippen LogP contribution in [0.15, 0.2) is 30.6 Å². The lowest BCUT2D eigenvalue weighted by Crippen LogP contribution is -2.41. The molecule has 2 aromatic rings. The second-order valence-electron chi connectivity index (χ2n) is 7.31. The van der Waals surface area contributed by atoms with Gasteiger partial charge < -0.3 is 19.9 Å². The number of aromatic nitrogens is 2. The van der Waals surface area contributed by atoms with Gasteiger partial charge in [0.2, 0.25) is 0 Å². The Morgan fingerprint density at radius 3 is 2.59 bits per heavy atom. The fourth-order valence-corrected chi connectivity index (χ4v) is 3.48. The second kappa shape index (κ2) is 8.44. The molecule has 0 unspecified atom stereocenters. The molecule has 12 heteroatoms. The van der Waals surface area contributed by atoms with Gasteiger partial charge in [0.15, 0.2) is 5.75 Å². The number of halogens is 3. The van der Waals surface area contributed by atoms with Crippen molar-refractivity contribution >= 4 is 29.3 Å². The Bertz CT molecular complexity index is 1060. The van der Waals surface area contributed by atoms with Gasteiger partial charge in [0.1, 0.15) is 5.82 Å². The number of carbonyl (C=O) groups excluding carboxylic acids is 3. The van der Waals surface area contributed by atoms with Crippen LogP contribution in [0.25, 0.3) is 0 Å². The number of fused-ring (bicyclic) bond motifs is 1. The molecule has 9 nitrogen and oxygen atoms in total. The van der Waals surface area contributed by atoms with E-state index in [1.807, 2.05) is 0 Å². The van der Waals surface area contributed by atoms with Crippen LogP contribution in [0.4, 0.5) is 24.7 Å². The van der Waals surface area contributed by atoms with E-state index in [0.717, 1.165) is 12.3 Å². The van der Waals surface area contributed by atoms with Gasteiger partial charge in [0.05, 0.1) is 29.6 Å². The van der Waals surface area contributed by atoms with Gasteiger partial charge in [0, 0.05) is 38.4 Å². The Labute approximate surface area is 180 Å². The molecule has 1 saturated heterocycles. The number of rotatable bonds is 2. The second-order valence-corrected chi connectivity index (χ2v) is 7.31. The van der Waals surface area contributed by atoms with E-state index in [9.17, 15) is 27.6 Å². The summed E-state index contributed by atoms with van der Waals surface area (Å²) in [7, 11) is 0. The van der Waals surface area contributed by atoms with Crippen LogP contribution in [-0.2, 0) is 27.0 Å². The standard InChI is InChI=1S/C20H18F3N5O4/c21-20(22,23)12-2-3-16(25-10-12)27-4-1-5-28(7-6-27)19(31)18(30)26-13-8-15-14(24-11-13)9-17(29)32-15/h2-3,8,10-11H,1,4-7,9H2,(H,26,30). The maximum Gasteiger partial charge on any atom is 0.417 e. The molecule has 0 atom stereocenters. The van der Waals surface area contributed by atoms with Crippen LogP contribution in [0.1, 0.15) is 17.7 Å². The van der Waals surface area contributed by atoms with Crippen LogP contribution in [0, 0.1) is 0 Å². The predicted octanol–water partition coefficient (Wildman–Crippen LogP) is 1.63. The summed E-state index contributed by atoms with van der Waals surface area (Å²) in [4.78, 5) is 47.4. The molecule has 2 aliphatic rings. The van der Waals surface area contributed by atoms with E-state index >= 15 is 0 Å². The Morgan fingerprint density at radius 1 is 1.06 bits per heavy atom. The molecule has 4 rings (SSSR count). The number of pyridine rings is 2. The fourth-order valence-electron chi connectivity index (χ4n) is 3.48. The third-order valence-corrected chi connectivity index (χ3v) is 5.10. The van der Waals surface area contributed by atoms with Gasteiger partial charge >= 0.3 is 24.0 Å². The molecule has 168 valence electrons. The average Bonchev–Trinajstić information content (AvgIpc) is 2.95. The van der Waals surface area contributed by atoms with Gasteiger partial charge in [-0.3, -0.25) is 19.4 Å². The van der Waals surface area contributed by atoms with Crippen molar-refractivity contribution in [2.75, 3.05) is 36.4 Å². The number of anilines is 2. The Balaban J connectivity index is 1.35. The highest BCUT2D eigenvalue weighted by atomic mass is 19.4. The van der Waals surface area contributed by atoms with E-state index in [2.05, 4.69) is 15.3 Å². The third-order valence-electron chi connectivity index (χ3n) is 5.10. The maximum absolute atomic E-state index is 12.7. The lowest BCUT2D eigenvalue weighted by atomic mass is 10.2. The van der Waals surface area contributed by atoms with Crippen molar-refractivity contribution in [3.8, 4) is 5.75 Å². The summed E-state index contributed by atoms with van der Waals surface area (Å²) in [5.41, 5.74) is -0.147. The summed E-state index contributed by atoms with van der Waals surface area (Å²) in [5, 5.41) is 2.45. The average molecular weight is 449 g/mol. The molecule has 0 aromatic carbocycles. The molecule has 1 N–H and O–H groups in total. The minimum absolute atomic E-state index is 0.0561. The number of esters is 1. The summed E-state index contributed by atoms with van der Waals surface area (Å²) < 4.78 is 43.1. The first-order chi connectivity index (χ1) is 15.2. The zero-order valence-corrected chi connectivity index (χ0v) is 16.7. The van der Waals surface area contributed by atoms with Crippen molar-refractivity contribution in [2.24, 2.45) is 0 Å². The van der Waals surface area contributed by atoms with E-state index < -0.39 is 29.5 Å². The molecule has 0 bridgehead atoms. The number of carbonyl (C=O) groups is 3. The molecule has 2 aromatic heterocycles. The van der Waals surface area contributed by atoms with Crippen LogP contribution in [0.3, 0.4) is 0 Å². The number of nitrogens with one attached hydrogen (secondary N) is 1. The summed E-state index contributed by atoms with van der Waals surface area (Å²) in [6.45, 7) is 1.30. The van der Waals surface area contributed by atoms with E-state index in [1.165, 1.54) is 23.2 Å². The zero-order valence-electron chi connectivity index (χ0n) is 16.7. The summed E-state index contributed by atoms with van der Waals surface area (Å²) >= 11 is 0. The van der Waals surface area contributed by atoms with E-state index in [4.69, 9.17) is 4.74 Å². The van der Waals surface area contributed by atoms with Gasteiger partial charge in [0.25, 0.3) is 0 Å². The number of alkyl halides is 3. The number of hydrogen-bond donors (Lipinski definition) is 1. The van der Waals surface area contributed by atoms with Gasteiger partial charge in [-0.1, -0.05) is 0 Å². The third kappa shape index (κ3) is 4.63. The molecule has 0 spiro atoms. The van der Waals surface area contributed by atoms with Gasteiger partial charge in [-0.25, -0.2) is 4.98 Å². The first kappa shape index (κ1) is 21.5. The predicted molar refractivity (Wildman–Crippen MR) is 105 cm³/mol. The lowest BCUT2D eigenvalue weighted by Gasteiger charge is -2.23. The van der Waals surface area contributed by atoms with Gasteiger partial charge in [-0.15, -0.1) is 0 Å². The molecule has 32 heavy (non-hydrogen) atoms. The largest absolute Gasteiger partial charge is 0.424 e. The molecule has 0 saturated carbocycles. The zero-order chi connectivity index (χ0) is 22.9. The maximum atomic E-state index is 12.7. The van der Waals surface area contributed by atoms with Crippen molar-refractivity contribution in [3.63, 3.8) is 0 Å². The van der Waals surface area contributed by atoms with Crippen LogP contribution < -0.4 is 15.0 Å². The van der Waals surface area contributed by atoms with Gasteiger partial charge in [-0.05, 0) is 18.6 Å². The molecule has 0 aliphatic carbocycles. The van der Waals surface area contributed by atoms with E-state index in [1.54, 1.807) is 4.90 Å². The SMILES string of the molecule is O=C1Cc2ncc(NC(=O)C(=O)N3CCCN(c4ccc(C(F)(F)F)cn4)CC3)cc2O1. The molecular weight excluding hydrogens is 431 g/mol. The van der Waals surface area contributed by atoms with Crippen molar-refractivity contribution in [1.29, 1.82) is 0 Å². The minimum Gasteiger partial charge on any atom is -0.424 e. The van der Waals surface area contributed by atoms with E-state index in [-0.39, 0.29) is 24.4 Å². The van der Waals surface area contributed by atoms with E-state index in [0.29, 0.717) is 37.6 Å². The summed E-state index contributed by atoms with van der Waals surface area (Å²) in [5.74, 6) is -1.43. The first-order valence-electron chi connectivity index (χ1n) is 9.79. The number of hydrogen-bond acceptors (Lipinski definition) is 7. The topological polar surface area (TPSA) is 105 Å². The number of amides is 2. The molecule has 2 aliphatic heterocycles. The lowest BCUT2D eigenvalue weighted by molar-refractivity contribution is -0.143.